The third-order valence-electron chi connectivity index (χ3n) is 2.33. The standard InChI is InChI=1S/C11H12BrNO5S/c1-5-4-7(19-9(5)12)10(16)13-6(11(17)18)2-3-8(14)15/h4,6H,2-3H2,1H3,(H,13,16)(H,14,15)(H,17,18). The molecule has 0 aliphatic rings. The van der Waals surface area contributed by atoms with Gasteiger partial charge in [-0.1, -0.05) is 0 Å². The molecule has 0 saturated carbocycles. The summed E-state index contributed by atoms with van der Waals surface area (Å²) in [6, 6.07) is 0.435. The lowest BCUT2D eigenvalue weighted by Crippen LogP contribution is -2.40. The van der Waals surface area contributed by atoms with E-state index in [1.807, 2.05) is 6.92 Å². The smallest absolute Gasteiger partial charge is 0.326 e. The molecule has 0 saturated heterocycles. The molecular formula is C11H12BrNO5S. The van der Waals surface area contributed by atoms with Crippen molar-refractivity contribution in [3.8, 4) is 0 Å². The van der Waals surface area contributed by atoms with Crippen LogP contribution in [0.2, 0.25) is 0 Å². The minimum Gasteiger partial charge on any atom is -0.481 e. The van der Waals surface area contributed by atoms with Gasteiger partial charge in [-0.3, -0.25) is 9.59 Å². The molecule has 0 aliphatic heterocycles. The highest BCUT2D eigenvalue weighted by Gasteiger charge is 2.22. The zero-order chi connectivity index (χ0) is 14.6. The number of hydrogen-bond acceptors (Lipinski definition) is 4. The molecule has 0 fully saturated rings. The molecule has 0 bridgehead atoms. The Hall–Kier alpha value is -1.41. The maximum atomic E-state index is 11.8. The van der Waals surface area contributed by atoms with E-state index in [0.29, 0.717) is 4.88 Å². The second kappa shape index (κ2) is 6.67. The summed E-state index contributed by atoms with van der Waals surface area (Å²) < 4.78 is 0.801. The van der Waals surface area contributed by atoms with Gasteiger partial charge in [0.2, 0.25) is 0 Å². The molecule has 3 N–H and O–H groups in total. The molecule has 0 radical (unpaired) electrons. The van der Waals surface area contributed by atoms with Crippen LogP contribution < -0.4 is 5.32 Å². The number of carbonyl (C=O) groups is 3. The summed E-state index contributed by atoms with van der Waals surface area (Å²) >= 11 is 4.47. The average Bonchev–Trinajstić information content (AvgIpc) is 2.64. The first-order valence-corrected chi connectivity index (χ1v) is 6.93. The van der Waals surface area contributed by atoms with Gasteiger partial charge in [0.15, 0.2) is 0 Å². The van der Waals surface area contributed by atoms with Crippen molar-refractivity contribution in [1.82, 2.24) is 5.32 Å². The number of aryl methyl sites for hydroxylation is 1. The Labute approximate surface area is 121 Å². The van der Waals surface area contributed by atoms with E-state index in [4.69, 9.17) is 10.2 Å². The van der Waals surface area contributed by atoms with Crippen molar-refractivity contribution >= 4 is 45.1 Å². The van der Waals surface area contributed by atoms with Crippen LogP contribution in [0.3, 0.4) is 0 Å². The summed E-state index contributed by atoms with van der Waals surface area (Å²) in [5.74, 6) is -2.87. The molecule has 1 atom stereocenters. The van der Waals surface area contributed by atoms with Gasteiger partial charge in [-0.15, -0.1) is 11.3 Å². The number of carboxylic acids is 2. The van der Waals surface area contributed by atoms with Crippen molar-refractivity contribution in [2.75, 3.05) is 0 Å². The highest BCUT2D eigenvalue weighted by atomic mass is 79.9. The molecule has 1 rings (SSSR count). The molecular weight excluding hydrogens is 338 g/mol. The van der Waals surface area contributed by atoms with E-state index in [0.717, 1.165) is 9.35 Å². The largest absolute Gasteiger partial charge is 0.481 e. The lowest BCUT2D eigenvalue weighted by atomic mass is 10.1. The quantitative estimate of drug-likeness (QED) is 0.727. The lowest BCUT2D eigenvalue weighted by molar-refractivity contribution is -0.140. The fourth-order valence-corrected chi connectivity index (χ4v) is 2.76. The van der Waals surface area contributed by atoms with E-state index in [-0.39, 0.29) is 12.8 Å². The molecule has 0 aromatic carbocycles. The van der Waals surface area contributed by atoms with E-state index in [2.05, 4.69) is 21.2 Å². The second-order valence-corrected chi connectivity index (χ2v) is 6.23. The predicted molar refractivity (Wildman–Crippen MR) is 72.5 cm³/mol. The van der Waals surface area contributed by atoms with Crippen molar-refractivity contribution in [2.24, 2.45) is 0 Å². The van der Waals surface area contributed by atoms with E-state index in [1.54, 1.807) is 6.07 Å². The van der Waals surface area contributed by atoms with Crippen molar-refractivity contribution < 1.29 is 24.6 Å². The van der Waals surface area contributed by atoms with Crippen LogP contribution in [0.5, 0.6) is 0 Å². The Morgan fingerprint density at radius 3 is 2.47 bits per heavy atom. The van der Waals surface area contributed by atoms with Crippen molar-refractivity contribution in [3.63, 3.8) is 0 Å². The molecule has 1 amide bonds. The number of nitrogens with one attached hydrogen (secondary N) is 1. The van der Waals surface area contributed by atoms with Crippen LogP contribution in [0.1, 0.15) is 28.1 Å². The minimum atomic E-state index is -1.25. The Kier molecular flexibility index (Phi) is 5.49. The molecule has 1 unspecified atom stereocenters. The van der Waals surface area contributed by atoms with Crippen LogP contribution in [0.15, 0.2) is 9.85 Å². The number of carbonyl (C=O) groups excluding carboxylic acids is 1. The molecule has 19 heavy (non-hydrogen) atoms. The summed E-state index contributed by atoms with van der Waals surface area (Å²) in [5, 5.41) is 19.8. The molecule has 0 aliphatic carbocycles. The molecule has 1 heterocycles. The number of thiophene rings is 1. The SMILES string of the molecule is Cc1cc(C(=O)NC(CCC(=O)O)C(=O)O)sc1Br. The van der Waals surface area contributed by atoms with E-state index in [1.165, 1.54) is 11.3 Å². The highest BCUT2D eigenvalue weighted by molar-refractivity contribution is 9.11. The summed E-state index contributed by atoms with van der Waals surface area (Å²) in [6.45, 7) is 1.82. The van der Waals surface area contributed by atoms with Gasteiger partial charge < -0.3 is 15.5 Å². The Morgan fingerprint density at radius 1 is 1.42 bits per heavy atom. The lowest BCUT2D eigenvalue weighted by Gasteiger charge is -2.12. The third-order valence-corrected chi connectivity index (χ3v) is 4.47. The number of carboxylic acid groups (broad SMARTS) is 2. The van der Waals surface area contributed by atoms with Crippen LogP contribution in [0.25, 0.3) is 0 Å². The van der Waals surface area contributed by atoms with E-state index < -0.39 is 23.9 Å². The minimum absolute atomic E-state index is 0.151. The van der Waals surface area contributed by atoms with Crippen LogP contribution in [-0.4, -0.2) is 34.1 Å². The van der Waals surface area contributed by atoms with Gasteiger partial charge in [-0.25, -0.2) is 4.79 Å². The number of halogens is 1. The number of rotatable bonds is 6. The van der Waals surface area contributed by atoms with Gasteiger partial charge in [0.25, 0.3) is 5.91 Å². The van der Waals surface area contributed by atoms with Crippen LogP contribution in [0, 0.1) is 6.92 Å². The first-order chi connectivity index (χ1) is 8.81. The zero-order valence-electron chi connectivity index (χ0n) is 9.97. The van der Waals surface area contributed by atoms with Gasteiger partial charge in [0.1, 0.15) is 6.04 Å². The molecule has 1 aromatic heterocycles. The van der Waals surface area contributed by atoms with Gasteiger partial charge in [0.05, 0.1) is 8.66 Å². The first-order valence-electron chi connectivity index (χ1n) is 5.32. The van der Waals surface area contributed by atoms with Crippen molar-refractivity contribution in [2.45, 2.75) is 25.8 Å². The van der Waals surface area contributed by atoms with E-state index >= 15 is 0 Å². The number of aliphatic carboxylic acids is 2. The Morgan fingerprint density at radius 2 is 2.05 bits per heavy atom. The maximum absolute atomic E-state index is 11.8. The summed E-state index contributed by atoms with van der Waals surface area (Å²) in [4.78, 5) is 33.6. The van der Waals surface area contributed by atoms with Gasteiger partial charge >= 0.3 is 11.9 Å². The fraction of sp³-hybridized carbons (Fsp3) is 0.364. The summed E-state index contributed by atoms with van der Waals surface area (Å²) in [7, 11) is 0. The second-order valence-electron chi connectivity index (χ2n) is 3.86. The Bertz CT molecular complexity index is 494. The van der Waals surface area contributed by atoms with Crippen LogP contribution in [-0.2, 0) is 9.59 Å². The fourth-order valence-electron chi connectivity index (χ4n) is 1.33. The van der Waals surface area contributed by atoms with Crippen LogP contribution in [0.4, 0.5) is 0 Å². The van der Waals surface area contributed by atoms with Gasteiger partial charge in [-0.05, 0) is 40.9 Å². The summed E-state index contributed by atoms with van der Waals surface area (Å²) in [5.41, 5.74) is 0.882. The van der Waals surface area contributed by atoms with Crippen LogP contribution >= 0.6 is 27.3 Å². The first kappa shape index (κ1) is 15.6. The number of hydrogen-bond donors (Lipinski definition) is 3. The number of amides is 1. The molecule has 104 valence electrons. The molecule has 1 aromatic rings. The molecule has 0 spiro atoms. The average molecular weight is 350 g/mol. The monoisotopic (exact) mass is 349 g/mol. The van der Waals surface area contributed by atoms with Crippen molar-refractivity contribution in [3.05, 3.63) is 20.3 Å². The third kappa shape index (κ3) is 4.64. The highest BCUT2D eigenvalue weighted by Crippen LogP contribution is 2.27. The normalized spacial score (nSPS) is 11.9. The molecule has 8 heteroatoms. The molecule has 6 nitrogen and oxygen atoms in total. The Balaban J connectivity index is 2.71. The van der Waals surface area contributed by atoms with Gasteiger partial charge in [-0.2, -0.15) is 0 Å². The zero-order valence-corrected chi connectivity index (χ0v) is 12.4. The van der Waals surface area contributed by atoms with Gasteiger partial charge in [0, 0.05) is 6.42 Å². The summed E-state index contributed by atoms with van der Waals surface area (Å²) in [6.07, 6.45) is -0.466. The topological polar surface area (TPSA) is 104 Å². The van der Waals surface area contributed by atoms with Crippen molar-refractivity contribution in [1.29, 1.82) is 0 Å². The van der Waals surface area contributed by atoms with E-state index in [9.17, 15) is 14.4 Å². The maximum Gasteiger partial charge on any atom is 0.326 e. The predicted octanol–water partition coefficient (Wildman–Crippen LogP) is 1.87.